The maximum Gasteiger partial charge on any atom is 0.260 e. The van der Waals surface area contributed by atoms with Gasteiger partial charge in [-0.05, 0) is 23.7 Å². The van der Waals surface area contributed by atoms with Gasteiger partial charge in [-0.25, -0.2) is 0 Å². The molecule has 0 bridgehead atoms. The summed E-state index contributed by atoms with van der Waals surface area (Å²) in [6.45, 7) is 1.93. The number of benzene rings is 2. The number of hydrogen-bond donors (Lipinski definition) is 1. The average molecular weight is 293 g/mol. The lowest BCUT2D eigenvalue weighted by Gasteiger charge is -2.09. The molecule has 0 amide bonds. The molecule has 22 heavy (non-hydrogen) atoms. The molecule has 0 aliphatic rings. The van der Waals surface area contributed by atoms with E-state index in [1.165, 1.54) is 0 Å². The Kier molecular flexibility index (Phi) is 3.70. The Hall–Kier alpha value is -2.95. The number of anilines is 1. The molecule has 0 saturated heterocycles. The number of rotatable bonds is 4. The van der Waals surface area contributed by atoms with Gasteiger partial charge in [0.25, 0.3) is 5.95 Å². The fourth-order valence-corrected chi connectivity index (χ4v) is 2.27. The van der Waals surface area contributed by atoms with E-state index in [2.05, 4.69) is 10.1 Å². The first kappa shape index (κ1) is 14.0. The Labute approximate surface area is 127 Å². The summed E-state index contributed by atoms with van der Waals surface area (Å²) >= 11 is 0. The van der Waals surface area contributed by atoms with Gasteiger partial charge in [-0.2, -0.15) is 4.98 Å². The zero-order valence-electron chi connectivity index (χ0n) is 12.1. The van der Waals surface area contributed by atoms with E-state index in [4.69, 9.17) is 10.3 Å². The maximum absolute atomic E-state index is 12.5. The molecule has 2 N–H and O–H groups in total. The first-order chi connectivity index (χ1) is 10.6. The zero-order chi connectivity index (χ0) is 15.5. The summed E-state index contributed by atoms with van der Waals surface area (Å²) in [7, 11) is 0. The van der Waals surface area contributed by atoms with Crippen molar-refractivity contribution in [1.29, 1.82) is 0 Å². The van der Waals surface area contributed by atoms with E-state index in [0.717, 1.165) is 5.56 Å². The minimum absolute atomic E-state index is 0.0142. The van der Waals surface area contributed by atoms with Crippen LogP contribution >= 0.6 is 0 Å². The summed E-state index contributed by atoms with van der Waals surface area (Å²) in [5.74, 6) is 0.396. The predicted octanol–water partition coefficient (Wildman–Crippen LogP) is 3.03. The molecule has 0 spiro atoms. The van der Waals surface area contributed by atoms with Crippen LogP contribution in [0.15, 0.2) is 59.1 Å². The van der Waals surface area contributed by atoms with Crippen molar-refractivity contribution in [2.24, 2.45) is 0 Å². The highest BCUT2D eigenvalue weighted by molar-refractivity contribution is 6.09. The molecule has 5 heteroatoms. The zero-order valence-corrected chi connectivity index (χ0v) is 12.1. The predicted molar refractivity (Wildman–Crippen MR) is 82.5 cm³/mol. The molecule has 3 aromatic rings. The van der Waals surface area contributed by atoms with E-state index < -0.39 is 0 Å². The van der Waals surface area contributed by atoms with E-state index in [1.807, 2.05) is 43.3 Å². The van der Waals surface area contributed by atoms with Crippen LogP contribution < -0.4 is 5.73 Å². The topological polar surface area (TPSA) is 82.0 Å². The molecule has 5 nitrogen and oxygen atoms in total. The van der Waals surface area contributed by atoms with Crippen LogP contribution in [0.3, 0.4) is 0 Å². The quantitative estimate of drug-likeness (QED) is 0.748. The highest BCUT2D eigenvalue weighted by atomic mass is 16.5. The summed E-state index contributed by atoms with van der Waals surface area (Å²) in [5.41, 5.74) is 7.69. The number of ketones is 1. The number of hydrogen-bond acceptors (Lipinski definition) is 5. The molecule has 0 aliphatic heterocycles. The van der Waals surface area contributed by atoms with Crippen molar-refractivity contribution >= 4 is 11.7 Å². The monoisotopic (exact) mass is 293 g/mol. The van der Waals surface area contributed by atoms with E-state index in [0.29, 0.717) is 17.0 Å². The smallest absolute Gasteiger partial charge is 0.260 e. The SMILES string of the molecule is CC(c1cccc(C(=O)c2ccccc2)c1)c1nc(N)no1. The summed E-state index contributed by atoms with van der Waals surface area (Å²) < 4.78 is 5.09. The third kappa shape index (κ3) is 2.74. The van der Waals surface area contributed by atoms with Gasteiger partial charge in [0, 0.05) is 11.1 Å². The maximum atomic E-state index is 12.5. The van der Waals surface area contributed by atoms with Gasteiger partial charge in [0.2, 0.25) is 5.89 Å². The van der Waals surface area contributed by atoms with Crippen molar-refractivity contribution in [3.8, 4) is 0 Å². The van der Waals surface area contributed by atoms with Crippen LogP contribution in [0.2, 0.25) is 0 Å². The normalized spacial score (nSPS) is 12.0. The van der Waals surface area contributed by atoms with Crippen molar-refractivity contribution in [3.63, 3.8) is 0 Å². The summed E-state index contributed by atoms with van der Waals surface area (Å²) in [6, 6.07) is 16.6. The number of carbonyl (C=O) groups is 1. The Bertz CT molecular complexity index is 796. The molecule has 0 fully saturated rings. The highest BCUT2D eigenvalue weighted by Crippen LogP contribution is 2.24. The molecule has 0 aliphatic carbocycles. The first-order valence-corrected chi connectivity index (χ1v) is 6.94. The third-order valence-corrected chi connectivity index (χ3v) is 3.51. The third-order valence-electron chi connectivity index (χ3n) is 3.51. The molecule has 110 valence electrons. The van der Waals surface area contributed by atoms with Crippen molar-refractivity contribution in [1.82, 2.24) is 10.1 Å². The number of carbonyl (C=O) groups excluding carboxylic acids is 1. The molecular formula is C17H15N3O2. The highest BCUT2D eigenvalue weighted by Gasteiger charge is 2.17. The van der Waals surface area contributed by atoms with Gasteiger partial charge in [0.05, 0.1) is 5.92 Å². The molecule has 3 rings (SSSR count). The summed E-state index contributed by atoms with van der Waals surface area (Å²) in [6.07, 6.45) is 0. The van der Waals surface area contributed by atoms with Crippen LogP contribution in [0, 0.1) is 0 Å². The standard InChI is InChI=1S/C17H15N3O2/c1-11(16-19-17(18)20-22-16)13-8-5-9-14(10-13)15(21)12-6-3-2-4-7-12/h2-11H,1H3,(H2,18,20). The number of aromatic nitrogens is 2. The van der Waals surface area contributed by atoms with Gasteiger partial charge in [-0.1, -0.05) is 48.5 Å². The lowest BCUT2D eigenvalue weighted by atomic mass is 9.95. The average Bonchev–Trinajstić information content (AvgIpc) is 3.01. The van der Waals surface area contributed by atoms with Crippen molar-refractivity contribution in [2.45, 2.75) is 12.8 Å². The van der Waals surface area contributed by atoms with Crippen LogP contribution in [0.1, 0.15) is 40.2 Å². The van der Waals surface area contributed by atoms with Gasteiger partial charge in [0.1, 0.15) is 0 Å². The summed E-state index contributed by atoms with van der Waals surface area (Å²) in [4.78, 5) is 16.5. The minimum Gasteiger partial charge on any atom is -0.365 e. The number of nitrogens with two attached hydrogens (primary N) is 1. The lowest BCUT2D eigenvalue weighted by Crippen LogP contribution is -2.03. The van der Waals surface area contributed by atoms with Gasteiger partial charge >= 0.3 is 0 Å². The number of nitrogens with zero attached hydrogens (tertiary/aromatic N) is 2. The molecule has 1 heterocycles. The van der Waals surface area contributed by atoms with Crippen molar-refractivity contribution in [3.05, 3.63) is 77.2 Å². The fraction of sp³-hybridized carbons (Fsp3) is 0.118. The molecule has 1 unspecified atom stereocenters. The number of nitrogen functional groups attached to an aromatic ring is 1. The minimum atomic E-state index is -0.131. The Morgan fingerprint density at radius 2 is 1.82 bits per heavy atom. The second-order valence-electron chi connectivity index (χ2n) is 5.03. The lowest BCUT2D eigenvalue weighted by molar-refractivity contribution is 0.103. The van der Waals surface area contributed by atoms with E-state index >= 15 is 0 Å². The second-order valence-corrected chi connectivity index (χ2v) is 5.03. The van der Waals surface area contributed by atoms with E-state index in [9.17, 15) is 4.79 Å². The van der Waals surface area contributed by atoms with Gasteiger partial charge in [-0.15, -0.1) is 0 Å². The first-order valence-electron chi connectivity index (χ1n) is 6.94. The molecule has 1 aromatic heterocycles. The van der Waals surface area contributed by atoms with Crippen molar-refractivity contribution in [2.75, 3.05) is 5.73 Å². The molecule has 1 atom stereocenters. The Morgan fingerprint density at radius 1 is 1.09 bits per heavy atom. The van der Waals surface area contributed by atoms with E-state index in [1.54, 1.807) is 18.2 Å². The Balaban J connectivity index is 1.91. The van der Waals surface area contributed by atoms with Crippen LogP contribution in [0.25, 0.3) is 0 Å². The van der Waals surface area contributed by atoms with Gasteiger partial charge in [-0.3, -0.25) is 4.79 Å². The molecular weight excluding hydrogens is 278 g/mol. The Morgan fingerprint density at radius 3 is 2.50 bits per heavy atom. The van der Waals surface area contributed by atoms with E-state index in [-0.39, 0.29) is 17.6 Å². The largest absolute Gasteiger partial charge is 0.365 e. The molecule has 2 aromatic carbocycles. The summed E-state index contributed by atoms with van der Waals surface area (Å²) in [5, 5.41) is 3.59. The van der Waals surface area contributed by atoms with Gasteiger partial charge in [0.15, 0.2) is 5.78 Å². The van der Waals surface area contributed by atoms with Crippen LogP contribution in [0.5, 0.6) is 0 Å². The molecule has 0 radical (unpaired) electrons. The van der Waals surface area contributed by atoms with Gasteiger partial charge < -0.3 is 10.3 Å². The van der Waals surface area contributed by atoms with Crippen molar-refractivity contribution < 1.29 is 9.32 Å². The second kappa shape index (κ2) is 5.81. The van der Waals surface area contributed by atoms with Crippen LogP contribution in [-0.4, -0.2) is 15.9 Å². The molecule has 0 saturated carbocycles. The van der Waals surface area contributed by atoms with Crippen LogP contribution in [-0.2, 0) is 0 Å². The fourth-order valence-electron chi connectivity index (χ4n) is 2.27. The van der Waals surface area contributed by atoms with Crippen LogP contribution in [0.4, 0.5) is 5.95 Å².